The first-order valence-corrected chi connectivity index (χ1v) is 6.15. The molecule has 1 rings (SSSR count). The average Bonchev–Trinajstić information content (AvgIpc) is 2.39. The maximum Gasteiger partial charge on any atom is 0.434 e. The van der Waals surface area contributed by atoms with Gasteiger partial charge in [0.15, 0.2) is 17.3 Å². The summed E-state index contributed by atoms with van der Waals surface area (Å²) in [5, 5.41) is 0. The van der Waals surface area contributed by atoms with Crippen LogP contribution in [0.1, 0.15) is 13.8 Å². The van der Waals surface area contributed by atoms with E-state index in [9.17, 15) is 27.6 Å². The zero-order valence-corrected chi connectivity index (χ0v) is 11.7. The summed E-state index contributed by atoms with van der Waals surface area (Å²) < 4.78 is 43.8. The van der Waals surface area contributed by atoms with E-state index in [2.05, 4.69) is 9.73 Å². The molecule has 0 aromatic heterocycles. The third kappa shape index (κ3) is 4.51. The van der Waals surface area contributed by atoms with Crippen LogP contribution in [0.25, 0.3) is 0 Å². The van der Waals surface area contributed by atoms with E-state index in [1.807, 2.05) is 0 Å². The van der Waals surface area contributed by atoms with E-state index in [1.54, 1.807) is 0 Å². The molecule has 0 heterocycles. The largest absolute Gasteiger partial charge is 0.462 e. The summed E-state index contributed by atoms with van der Waals surface area (Å²) in [5.41, 5.74) is -3.05. The van der Waals surface area contributed by atoms with Gasteiger partial charge >= 0.3 is 12.1 Å². The zero-order chi connectivity index (χ0) is 16.9. The molecule has 0 N–H and O–H groups in total. The van der Waals surface area contributed by atoms with Gasteiger partial charge in [0, 0.05) is 0 Å². The van der Waals surface area contributed by atoms with Crippen LogP contribution in [-0.4, -0.2) is 36.0 Å². The van der Waals surface area contributed by atoms with Gasteiger partial charge in [0.25, 0.3) is 0 Å². The fourth-order valence-electron chi connectivity index (χ4n) is 1.52. The molecule has 0 saturated heterocycles. The van der Waals surface area contributed by atoms with Crippen LogP contribution < -0.4 is 0 Å². The lowest BCUT2D eigenvalue weighted by Crippen LogP contribution is -2.23. The minimum atomic E-state index is -5.04. The highest BCUT2D eigenvalue weighted by atomic mass is 19.4. The lowest BCUT2D eigenvalue weighted by atomic mass is 10.1. The molecule has 1 aliphatic rings. The predicted octanol–water partition coefficient (Wildman–Crippen LogP) is 2.09. The second-order valence-electron chi connectivity index (χ2n) is 4.10. The lowest BCUT2D eigenvalue weighted by Gasteiger charge is -2.13. The molecular formula is C14H12F3NO4. The van der Waals surface area contributed by atoms with Crippen molar-refractivity contribution in [1.82, 2.24) is 0 Å². The molecule has 0 spiro atoms. The molecular weight excluding hydrogens is 303 g/mol. The normalized spacial score (nSPS) is 15.5. The summed E-state index contributed by atoms with van der Waals surface area (Å²) in [6, 6.07) is 0. The molecule has 0 radical (unpaired) electrons. The Morgan fingerprint density at radius 2 is 1.73 bits per heavy atom. The van der Waals surface area contributed by atoms with E-state index in [4.69, 9.17) is 0 Å². The Morgan fingerprint density at radius 1 is 1.18 bits per heavy atom. The van der Waals surface area contributed by atoms with Gasteiger partial charge in [-0.05, 0) is 38.2 Å². The zero-order valence-electron chi connectivity index (χ0n) is 11.7. The first-order valence-electron chi connectivity index (χ1n) is 6.15. The van der Waals surface area contributed by atoms with Gasteiger partial charge in [-0.1, -0.05) is 0 Å². The monoisotopic (exact) mass is 315 g/mol. The number of hydrogen-bond donors (Lipinski definition) is 0. The Kier molecular flexibility index (Phi) is 5.56. The maximum atomic E-state index is 13.1. The van der Waals surface area contributed by atoms with Gasteiger partial charge < -0.3 is 4.74 Å². The van der Waals surface area contributed by atoms with Crippen molar-refractivity contribution in [3.8, 4) is 0 Å². The summed E-state index contributed by atoms with van der Waals surface area (Å²) in [5.74, 6) is -2.92. The average molecular weight is 315 g/mol. The molecule has 0 bridgehead atoms. The quantitative estimate of drug-likeness (QED) is 0.262. The van der Waals surface area contributed by atoms with Crippen LogP contribution in [0.4, 0.5) is 13.2 Å². The van der Waals surface area contributed by atoms with Crippen molar-refractivity contribution >= 4 is 23.2 Å². The first kappa shape index (κ1) is 17.5. The molecule has 0 fully saturated rings. The van der Waals surface area contributed by atoms with Crippen molar-refractivity contribution in [3.63, 3.8) is 0 Å². The topological polar surface area (TPSA) is 72.8 Å². The van der Waals surface area contributed by atoms with E-state index in [0.717, 1.165) is 31.2 Å². The molecule has 5 nitrogen and oxygen atoms in total. The number of halogens is 3. The number of esters is 1. The van der Waals surface area contributed by atoms with Crippen molar-refractivity contribution in [2.24, 2.45) is 4.99 Å². The highest BCUT2D eigenvalue weighted by Gasteiger charge is 2.40. The number of rotatable bonds is 4. The molecule has 0 saturated carbocycles. The van der Waals surface area contributed by atoms with Crippen molar-refractivity contribution in [1.29, 1.82) is 0 Å². The van der Waals surface area contributed by atoms with E-state index in [-0.39, 0.29) is 12.3 Å². The van der Waals surface area contributed by atoms with Crippen molar-refractivity contribution in [3.05, 3.63) is 35.6 Å². The Hall–Kier alpha value is -2.51. The van der Waals surface area contributed by atoms with E-state index >= 15 is 0 Å². The van der Waals surface area contributed by atoms with Crippen molar-refractivity contribution in [2.75, 3.05) is 6.61 Å². The highest BCUT2D eigenvalue weighted by Crippen LogP contribution is 2.31. The molecule has 118 valence electrons. The van der Waals surface area contributed by atoms with Crippen LogP contribution in [0.3, 0.4) is 0 Å². The Balaban J connectivity index is 3.47. The van der Waals surface area contributed by atoms with Gasteiger partial charge in [0.2, 0.25) is 0 Å². The Bertz CT molecular complexity index is 606. The molecule has 0 aromatic rings. The van der Waals surface area contributed by atoms with Gasteiger partial charge in [-0.3, -0.25) is 9.59 Å². The van der Waals surface area contributed by atoms with Gasteiger partial charge in [0.1, 0.15) is 5.57 Å². The van der Waals surface area contributed by atoms with Gasteiger partial charge in [-0.15, -0.1) is 0 Å². The summed E-state index contributed by atoms with van der Waals surface area (Å²) in [7, 11) is 0. The van der Waals surface area contributed by atoms with Crippen LogP contribution in [-0.2, 0) is 19.1 Å². The van der Waals surface area contributed by atoms with Gasteiger partial charge in [0.05, 0.1) is 12.3 Å². The number of nitrogens with zero attached hydrogens (tertiary/aromatic N) is 1. The number of ether oxygens (including phenoxy) is 1. The van der Waals surface area contributed by atoms with Crippen LogP contribution in [0.2, 0.25) is 0 Å². The standard InChI is InChI=1S/C14H12F3NO4/c1-3-22-13(21)11(8(2)19)12(14(15,16)17)18-9-4-6-10(20)7-5-9/h4-7H,3H2,1-2H3/b12-11+. The maximum absolute atomic E-state index is 13.1. The van der Waals surface area contributed by atoms with E-state index in [0.29, 0.717) is 0 Å². The van der Waals surface area contributed by atoms with Gasteiger partial charge in [-0.25, -0.2) is 9.79 Å². The van der Waals surface area contributed by atoms with Gasteiger partial charge in [-0.2, -0.15) is 13.2 Å². The summed E-state index contributed by atoms with van der Waals surface area (Å²) >= 11 is 0. The predicted molar refractivity (Wildman–Crippen MR) is 71.1 cm³/mol. The van der Waals surface area contributed by atoms with Crippen LogP contribution in [0, 0.1) is 0 Å². The molecule has 0 amide bonds. The third-order valence-corrected chi connectivity index (χ3v) is 2.41. The minimum Gasteiger partial charge on any atom is -0.462 e. The number of hydrogen-bond acceptors (Lipinski definition) is 5. The number of ketones is 2. The number of aliphatic imine (C=N–C) groups is 1. The fourth-order valence-corrected chi connectivity index (χ4v) is 1.52. The molecule has 0 unspecified atom stereocenters. The van der Waals surface area contributed by atoms with Crippen molar-refractivity contribution in [2.45, 2.75) is 20.0 Å². The molecule has 8 heteroatoms. The van der Waals surface area contributed by atoms with Crippen molar-refractivity contribution < 1.29 is 32.3 Å². The first-order chi connectivity index (χ1) is 10.2. The lowest BCUT2D eigenvalue weighted by molar-refractivity contribution is -0.141. The number of carbonyl (C=O) groups is 3. The molecule has 0 aromatic carbocycles. The van der Waals surface area contributed by atoms with Crippen LogP contribution in [0.5, 0.6) is 0 Å². The Labute approximate surface area is 123 Å². The summed E-state index contributed by atoms with van der Waals surface area (Å²) in [6.45, 7) is 2.02. The highest BCUT2D eigenvalue weighted by molar-refractivity contribution is 6.19. The Morgan fingerprint density at radius 3 is 2.14 bits per heavy atom. The fraction of sp³-hybridized carbons (Fsp3) is 0.286. The molecule has 1 aliphatic carbocycles. The third-order valence-electron chi connectivity index (χ3n) is 2.41. The smallest absolute Gasteiger partial charge is 0.434 e. The molecule has 0 aliphatic heterocycles. The summed E-state index contributed by atoms with van der Waals surface area (Å²) in [4.78, 5) is 37.3. The second-order valence-corrected chi connectivity index (χ2v) is 4.10. The van der Waals surface area contributed by atoms with Crippen LogP contribution in [0.15, 0.2) is 40.6 Å². The van der Waals surface area contributed by atoms with E-state index in [1.165, 1.54) is 6.92 Å². The minimum absolute atomic E-state index is 0.189. The SMILES string of the molecule is CCOC(=O)/C(C(C)=O)=C(/N=C1C=CC(=O)C=C1)C(F)(F)F. The number of Topliss-reactive ketones (excluding diaryl/α,β-unsaturated/α-hetero) is 1. The second kappa shape index (κ2) is 6.97. The van der Waals surface area contributed by atoms with E-state index < -0.39 is 35.0 Å². The number of alkyl halides is 3. The molecule has 0 atom stereocenters. The summed E-state index contributed by atoms with van der Waals surface area (Å²) in [6.07, 6.45) is -0.896. The number of allylic oxidation sites excluding steroid dienone is 5. The molecule has 22 heavy (non-hydrogen) atoms. The number of carbonyl (C=O) groups excluding carboxylic acids is 3. The van der Waals surface area contributed by atoms with Crippen LogP contribution >= 0.6 is 0 Å².